The summed E-state index contributed by atoms with van der Waals surface area (Å²) in [6, 6.07) is 0.669. The second-order valence-electron chi connectivity index (χ2n) is 6.30. The van der Waals surface area contributed by atoms with Crippen LogP contribution in [0, 0.1) is 5.92 Å². The molecule has 2 rings (SSSR count). The van der Waals surface area contributed by atoms with Gasteiger partial charge in [-0.3, -0.25) is 4.79 Å². The first-order valence-corrected chi connectivity index (χ1v) is 7.72. The molecule has 1 atom stereocenters. The van der Waals surface area contributed by atoms with Crippen LogP contribution in [0.15, 0.2) is 0 Å². The van der Waals surface area contributed by atoms with Crippen molar-refractivity contribution in [1.82, 2.24) is 4.90 Å². The van der Waals surface area contributed by atoms with Crippen LogP contribution >= 0.6 is 0 Å². The van der Waals surface area contributed by atoms with Gasteiger partial charge < -0.3 is 10.6 Å². The van der Waals surface area contributed by atoms with Crippen molar-refractivity contribution in [3.8, 4) is 0 Å². The average Bonchev–Trinajstić information content (AvgIpc) is 3.18. The van der Waals surface area contributed by atoms with Crippen molar-refractivity contribution in [1.29, 1.82) is 0 Å². The van der Waals surface area contributed by atoms with Gasteiger partial charge in [-0.2, -0.15) is 0 Å². The van der Waals surface area contributed by atoms with E-state index in [0.717, 1.165) is 18.9 Å². The second-order valence-corrected chi connectivity index (χ2v) is 6.30. The number of nitrogens with zero attached hydrogens (tertiary/aromatic N) is 1. The zero-order valence-corrected chi connectivity index (χ0v) is 11.7. The first kappa shape index (κ1) is 13.9. The molecule has 2 saturated carbocycles. The highest BCUT2D eigenvalue weighted by atomic mass is 16.2. The number of carbonyl (C=O) groups excluding carboxylic acids is 1. The molecule has 2 aliphatic rings. The van der Waals surface area contributed by atoms with Gasteiger partial charge in [0.15, 0.2) is 0 Å². The van der Waals surface area contributed by atoms with Crippen LogP contribution < -0.4 is 5.73 Å². The minimum atomic E-state index is 0.142. The molecule has 3 nitrogen and oxygen atoms in total. The summed E-state index contributed by atoms with van der Waals surface area (Å²) < 4.78 is 0. The molecular weight excluding hydrogens is 224 g/mol. The number of rotatable bonds is 6. The van der Waals surface area contributed by atoms with Gasteiger partial charge in [0, 0.05) is 25.0 Å². The van der Waals surface area contributed by atoms with E-state index in [-0.39, 0.29) is 6.04 Å². The minimum Gasteiger partial charge on any atom is -0.339 e. The zero-order valence-electron chi connectivity index (χ0n) is 11.7. The molecule has 0 bridgehead atoms. The third-order valence-corrected chi connectivity index (χ3v) is 4.30. The van der Waals surface area contributed by atoms with Crippen LogP contribution in [0.4, 0.5) is 0 Å². The van der Waals surface area contributed by atoms with Gasteiger partial charge in [-0.05, 0) is 44.9 Å². The molecule has 1 amide bonds. The molecule has 104 valence electrons. The van der Waals surface area contributed by atoms with Crippen molar-refractivity contribution in [2.75, 3.05) is 6.54 Å². The van der Waals surface area contributed by atoms with E-state index in [1.165, 1.54) is 44.9 Å². The predicted octanol–water partition coefficient (Wildman–Crippen LogP) is 2.69. The van der Waals surface area contributed by atoms with Gasteiger partial charge in [0.05, 0.1) is 0 Å². The lowest BCUT2D eigenvalue weighted by Gasteiger charge is -2.35. The molecule has 0 aromatic heterocycles. The maximum Gasteiger partial charge on any atom is 0.222 e. The van der Waals surface area contributed by atoms with Crippen molar-refractivity contribution in [3.05, 3.63) is 0 Å². The van der Waals surface area contributed by atoms with Crippen molar-refractivity contribution >= 4 is 5.91 Å². The van der Waals surface area contributed by atoms with Crippen LogP contribution in [-0.2, 0) is 4.79 Å². The number of hydrogen-bond acceptors (Lipinski definition) is 2. The molecule has 0 saturated heterocycles. The molecule has 2 aliphatic carbocycles. The summed E-state index contributed by atoms with van der Waals surface area (Å²) >= 11 is 0. The average molecular weight is 252 g/mol. The molecule has 0 aliphatic heterocycles. The van der Waals surface area contributed by atoms with Crippen LogP contribution in [0.5, 0.6) is 0 Å². The van der Waals surface area contributed by atoms with E-state index in [1.54, 1.807) is 0 Å². The summed E-state index contributed by atoms with van der Waals surface area (Å²) in [5, 5.41) is 0. The molecule has 18 heavy (non-hydrogen) atoms. The highest BCUT2D eigenvalue weighted by Crippen LogP contribution is 2.33. The van der Waals surface area contributed by atoms with Crippen LogP contribution in [0.2, 0.25) is 0 Å². The molecule has 0 radical (unpaired) electrons. The van der Waals surface area contributed by atoms with Crippen molar-refractivity contribution in [2.45, 2.75) is 76.8 Å². The van der Waals surface area contributed by atoms with Gasteiger partial charge in [0.25, 0.3) is 0 Å². The summed E-state index contributed by atoms with van der Waals surface area (Å²) in [6.45, 7) is 3.00. The van der Waals surface area contributed by atoms with Gasteiger partial charge in [-0.25, -0.2) is 0 Å². The number of nitrogens with two attached hydrogens (primary N) is 1. The molecule has 0 spiro atoms. The fourth-order valence-electron chi connectivity index (χ4n) is 2.92. The van der Waals surface area contributed by atoms with E-state index in [2.05, 4.69) is 4.90 Å². The Morgan fingerprint density at radius 2 is 1.89 bits per heavy atom. The second kappa shape index (κ2) is 6.55. The maximum absolute atomic E-state index is 12.4. The largest absolute Gasteiger partial charge is 0.339 e. The summed E-state index contributed by atoms with van der Waals surface area (Å²) in [5.74, 6) is 1.15. The highest BCUT2D eigenvalue weighted by molar-refractivity contribution is 5.76. The van der Waals surface area contributed by atoms with Crippen LogP contribution in [0.25, 0.3) is 0 Å². The molecule has 2 N–H and O–H groups in total. The van der Waals surface area contributed by atoms with Crippen molar-refractivity contribution in [2.24, 2.45) is 11.7 Å². The van der Waals surface area contributed by atoms with Gasteiger partial charge in [0.2, 0.25) is 5.91 Å². The number of carbonyl (C=O) groups is 1. The lowest BCUT2D eigenvalue weighted by atomic mass is 9.93. The molecular formula is C15H28N2O. The summed E-state index contributed by atoms with van der Waals surface area (Å²) in [7, 11) is 0. The van der Waals surface area contributed by atoms with E-state index in [9.17, 15) is 4.79 Å². The van der Waals surface area contributed by atoms with Crippen LogP contribution in [-0.4, -0.2) is 29.4 Å². The SMILES string of the molecule is CC(N)CCC(=O)N(CC1CC1)C1CCCCC1. The minimum absolute atomic E-state index is 0.142. The summed E-state index contributed by atoms with van der Waals surface area (Å²) in [4.78, 5) is 14.6. The van der Waals surface area contributed by atoms with Gasteiger partial charge >= 0.3 is 0 Å². The lowest BCUT2D eigenvalue weighted by Crippen LogP contribution is -2.43. The smallest absolute Gasteiger partial charge is 0.222 e. The van der Waals surface area contributed by atoms with Crippen LogP contribution in [0.3, 0.4) is 0 Å². The standard InChI is InChI=1S/C15H28N2O/c1-12(16)7-10-15(18)17(11-13-8-9-13)14-5-3-2-4-6-14/h12-14H,2-11,16H2,1H3. The van der Waals surface area contributed by atoms with Crippen molar-refractivity contribution < 1.29 is 4.79 Å². The van der Waals surface area contributed by atoms with Crippen molar-refractivity contribution in [3.63, 3.8) is 0 Å². The van der Waals surface area contributed by atoms with Gasteiger partial charge in [-0.1, -0.05) is 19.3 Å². The van der Waals surface area contributed by atoms with E-state index in [1.807, 2.05) is 6.92 Å². The Labute approximate surface area is 111 Å². The number of amides is 1. The van der Waals surface area contributed by atoms with E-state index < -0.39 is 0 Å². The monoisotopic (exact) mass is 252 g/mol. The third kappa shape index (κ3) is 4.27. The van der Waals surface area contributed by atoms with E-state index in [4.69, 9.17) is 5.73 Å². The zero-order chi connectivity index (χ0) is 13.0. The molecule has 0 aromatic rings. The first-order valence-electron chi connectivity index (χ1n) is 7.72. The number of hydrogen-bond donors (Lipinski definition) is 1. The molecule has 2 fully saturated rings. The Morgan fingerprint density at radius 1 is 1.22 bits per heavy atom. The van der Waals surface area contributed by atoms with Gasteiger partial charge in [-0.15, -0.1) is 0 Å². The molecule has 0 heterocycles. The Morgan fingerprint density at radius 3 is 2.44 bits per heavy atom. The Balaban J connectivity index is 1.87. The third-order valence-electron chi connectivity index (χ3n) is 4.30. The van der Waals surface area contributed by atoms with Crippen LogP contribution in [0.1, 0.15) is 64.7 Å². The Bertz CT molecular complexity index is 268. The molecule has 1 unspecified atom stereocenters. The fourth-order valence-corrected chi connectivity index (χ4v) is 2.92. The quantitative estimate of drug-likeness (QED) is 0.790. The Hall–Kier alpha value is -0.570. The molecule has 3 heteroatoms. The molecule has 0 aromatic carbocycles. The topological polar surface area (TPSA) is 46.3 Å². The lowest BCUT2D eigenvalue weighted by molar-refractivity contribution is -0.134. The first-order chi connectivity index (χ1) is 8.66. The predicted molar refractivity (Wildman–Crippen MR) is 74.2 cm³/mol. The normalized spacial score (nSPS) is 22.8. The Kier molecular flexibility index (Phi) is 5.04. The fraction of sp³-hybridized carbons (Fsp3) is 0.933. The maximum atomic E-state index is 12.4. The summed E-state index contributed by atoms with van der Waals surface area (Å²) in [6.07, 6.45) is 10.5. The van der Waals surface area contributed by atoms with E-state index >= 15 is 0 Å². The van der Waals surface area contributed by atoms with E-state index in [0.29, 0.717) is 18.4 Å². The van der Waals surface area contributed by atoms with Gasteiger partial charge in [0.1, 0.15) is 0 Å². The highest BCUT2D eigenvalue weighted by Gasteiger charge is 2.31. The summed E-state index contributed by atoms with van der Waals surface area (Å²) in [5.41, 5.74) is 5.76.